The van der Waals surface area contributed by atoms with Crippen LogP contribution in [0.4, 0.5) is 4.39 Å². The minimum Gasteiger partial charge on any atom is -0.390 e. The van der Waals surface area contributed by atoms with Gasteiger partial charge < -0.3 is 9.74 Å². The number of benzene rings is 3. The quantitative estimate of drug-likeness (QED) is 0.458. The van der Waals surface area contributed by atoms with Crippen molar-refractivity contribution in [3.8, 4) is 0 Å². The minimum absolute atomic E-state index is 0.0152. The van der Waals surface area contributed by atoms with Crippen molar-refractivity contribution in [1.29, 1.82) is 0 Å². The molecule has 4 nitrogen and oxygen atoms in total. The molecule has 4 rings (SSSR count). The van der Waals surface area contributed by atoms with Gasteiger partial charge in [-0.25, -0.2) is 4.39 Å². The van der Waals surface area contributed by atoms with Crippen molar-refractivity contribution >= 4 is 34.8 Å². The second kappa shape index (κ2) is 9.50. The zero-order chi connectivity index (χ0) is 21.8. The van der Waals surface area contributed by atoms with Crippen molar-refractivity contribution in [3.63, 3.8) is 0 Å². The van der Waals surface area contributed by atoms with E-state index in [-0.39, 0.29) is 24.8 Å². The lowest BCUT2D eigenvalue weighted by Gasteiger charge is -2.25. The Bertz CT molecular complexity index is 1120. The highest BCUT2D eigenvalue weighted by molar-refractivity contribution is 6.31. The van der Waals surface area contributed by atoms with Crippen LogP contribution in [0.1, 0.15) is 27.9 Å². The number of nitrogens with zero attached hydrogens (tertiary/aromatic N) is 2. The van der Waals surface area contributed by atoms with Crippen molar-refractivity contribution in [3.05, 3.63) is 105 Å². The number of halogens is 3. The summed E-state index contributed by atoms with van der Waals surface area (Å²) < 4.78 is 14.3. The van der Waals surface area contributed by atoms with E-state index in [1.807, 2.05) is 24.3 Å². The maximum absolute atomic E-state index is 14.3. The largest absolute Gasteiger partial charge is 0.390 e. The second-order valence-electron chi connectivity index (χ2n) is 7.27. The second-order valence-corrected chi connectivity index (χ2v) is 8.14. The van der Waals surface area contributed by atoms with Crippen LogP contribution in [0.25, 0.3) is 0 Å². The topological polar surface area (TPSA) is 41.9 Å². The summed E-state index contributed by atoms with van der Waals surface area (Å²) in [5.74, 6) is -0.976. The molecule has 0 N–H and O–H groups in total. The van der Waals surface area contributed by atoms with Crippen molar-refractivity contribution in [2.24, 2.45) is 5.16 Å². The lowest BCUT2D eigenvalue weighted by atomic mass is 10.0. The molecule has 1 aliphatic heterocycles. The van der Waals surface area contributed by atoms with Crippen LogP contribution < -0.4 is 0 Å². The number of hydrogen-bond acceptors (Lipinski definition) is 3. The summed E-state index contributed by atoms with van der Waals surface area (Å²) >= 11 is 12.1. The third-order valence-corrected chi connectivity index (χ3v) is 5.48. The van der Waals surface area contributed by atoms with Gasteiger partial charge in [0, 0.05) is 23.0 Å². The van der Waals surface area contributed by atoms with Gasteiger partial charge in [-0.3, -0.25) is 4.79 Å². The molecule has 1 heterocycles. The molecule has 31 heavy (non-hydrogen) atoms. The first-order valence-electron chi connectivity index (χ1n) is 9.76. The Hall–Kier alpha value is -2.89. The van der Waals surface area contributed by atoms with Gasteiger partial charge in [-0.05, 0) is 47.5 Å². The molecule has 7 heteroatoms. The zero-order valence-electron chi connectivity index (χ0n) is 16.5. The highest BCUT2D eigenvalue weighted by Crippen LogP contribution is 2.22. The summed E-state index contributed by atoms with van der Waals surface area (Å²) in [5.41, 5.74) is 2.55. The molecule has 0 aliphatic carbocycles. The molecular formula is C24H19Cl2FN2O2. The average Bonchev–Trinajstić information content (AvgIpc) is 3.22. The Labute approximate surface area is 189 Å². The lowest BCUT2D eigenvalue weighted by Crippen LogP contribution is -2.37. The minimum atomic E-state index is -0.561. The van der Waals surface area contributed by atoms with E-state index < -0.39 is 11.7 Å². The molecule has 0 spiro atoms. The number of carbonyl (C=O) groups excluding carboxylic acids is 1. The fourth-order valence-electron chi connectivity index (χ4n) is 3.46. The molecule has 0 aromatic heterocycles. The van der Waals surface area contributed by atoms with E-state index in [4.69, 9.17) is 28.0 Å². The van der Waals surface area contributed by atoms with Gasteiger partial charge in [0.1, 0.15) is 5.82 Å². The molecule has 1 aliphatic rings. The van der Waals surface area contributed by atoms with Crippen LogP contribution in [0.15, 0.2) is 78.0 Å². The van der Waals surface area contributed by atoms with E-state index in [9.17, 15) is 9.18 Å². The predicted octanol–water partition coefficient (Wildman–Crippen LogP) is 5.97. The molecule has 1 atom stereocenters. The molecule has 1 amide bonds. The molecular weight excluding hydrogens is 438 g/mol. The van der Waals surface area contributed by atoms with Gasteiger partial charge in [-0.1, -0.05) is 64.8 Å². The summed E-state index contributed by atoms with van der Waals surface area (Å²) in [7, 11) is 0. The Morgan fingerprint density at radius 2 is 1.81 bits per heavy atom. The zero-order valence-corrected chi connectivity index (χ0v) is 18.0. The van der Waals surface area contributed by atoms with Crippen molar-refractivity contribution < 1.29 is 14.0 Å². The molecule has 158 valence electrons. The number of amides is 1. The summed E-state index contributed by atoms with van der Waals surface area (Å²) in [6.07, 6.45) is 0.179. The summed E-state index contributed by atoms with van der Waals surface area (Å²) in [5, 5.41) is 5.39. The standard InChI is InChI=1S/C24H19Cl2FN2O2/c25-18-10-8-17(9-11-18)23-13-20(31-28-23)15-29(14-16-4-3-5-19(26)12-16)24(30)21-6-1-2-7-22(21)27/h1-12,20H,13-15H2/t20-/m0/s1. The van der Waals surface area contributed by atoms with E-state index in [2.05, 4.69) is 5.16 Å². The summed E-state index contributed by atoms with van der Waals surface area (Å²) in [6.45, 7) is 0.518. The van der Waals surface area contributed by atoms with Gasteiger partial charge >= 0.3 is 0 Å². The first-order valence-corrected chi connectivity index (χ1v) is 10.5. The van der Waals surface area contributed by atoms with Crippen molar-refractivity contribution in [2.75, 3.05) is 6.54 Å². The lowest BCUT2D eigenvalue weighted by molar-refractivity contribution is 0.0402. The third kappa shape index (κ3) is 5.24. The van der Waals surface area contributed by atoms with Crippen LogP contribution >= 0.6 is 23.2 Å². The molecule has 0 fully saturated rings. The van der Waals surface area contributed by atoms with E-state index in [1.165, 1.54) is 12.1 Å². The molecule has 0 bridgehead atoms. The van der Waals surface area contributed by atoms with Gasteiger partial charge in [-0.2, -0.15) is 0 Å². The van der Waals surface area contributed by atoms with Gasteiger partial charge in [0.25, 0.3) is 5.91 Å². The number of hydrogen-bond donors (Lipinski definition) is 0. The smallest absolute Gasteiger partial charge is 0.257 e. The SMILES string of the molecule is O=C(c1ccccc1F)N(Cc1cccc(Cl)c1)C[C@@H]1CC(c2ccc(Cl)cc2)=NO1. The first kappa shape index (κ1) is 21.3. The molecule has 0 unspecified atom stereocenters. The van der Waals surface area contributed by atoms with Crippen LogP contribution in [0, 0.1) is 5.82 Å². The van der Waals surface area contributed by atoms with E-state index in [1.54, 1.807) is 41.3 Å². The fourth-order valence-corrected chi connectivity index (χ4v) is 3.80. The summed E-state index contributed by atoms with van der Waals surface area (Å²) in [4.78, 5) is 20.3. The average molecular weight is 457 g/mol. The third-order valence-electron chi connectivity index (χ3n) is 4.99. The highest BCUT2D eigenvalue weighted by Gasteiger charge is 2.28. The molecule has 3 aromatic carbocycles. The van der Waals surface area contributed by atoms with E-state index in [0.717, 1.165) is 16.8 Å². The van der Waals surface area contributed by atoms with Gasteiger partial charge in [0.15, 0.2) is 6.10 Å². The van der Waals surface area contributed by atoms with Gasteiger partial charge in [-0.15, -0.1) is 0 Å². The predicted molar refractivity (Wildman–Crippen MR) is 120 cm³/mol. The molecule has 0 radical (unpaired) electrons. The van der Waals surface area contributed by atoms with Crippen LogP contribution in [0.5, 0.6) is 0 Å². The molecule has 0 saturated heterocycles. The maximum Gasteiger partial charge on any atom is 0.257 e. The number of rotatable bonds is 6. The Kier molecular flexibility index (Phi) is 6.54. The van der Waals surface area contributed by atoms with Crippen LogP contribution in [-0.4, -0.2) is 29.2 Å². The van der Waals surface area contributed by atoms with Crippen molar-refractivity contribution in [1.82, 2.24) is 4.90 Å². The molecule has 3 aromatic rings. The summed E-state index contributed by atoms with van der Waals surface area (Å²) in [6, 6.07) is 20.5. The maximum atomic E-state index is 14.3. The van der Waals surface area contributed by atoms with E-state index in [0.29, 0.717) is 16.5 Å². The number of oxime groups is 1. The Morgan fingerprint density at radius 3 is 2.55 bits per heavy atom. The van der Waals surface area contributed by atoms with Crippen molar-refractivity contribution in [2.45, 2.75) is 19.1 Å². The normalized spacial score (nSPS) is 15.3. The monoisotopic (exact) mass is 456 g/mol. The Balaban J connectivity index is 1.53. The molecule has 0 saturated carbocycles. The van der Waals surface area contributed by atoms with Crippen LogP contribution in [-0.2, 0) is 11.4 Å². The first-order chi connectivity index (χ1) is 15.0. The van der Waals surface area contributed by atoms with Gasteiger partial charge in [0.2, 0.25) is 0 Å². The number of carbonyl (C=O) groups is 1. The van der Waals surface area contributed by atoms with Gasteiger partial charge in [0.05, 0.1) is 17.8 Å². The van der Waals surface area contributed by atoms with Crippen LogP contribution in [0.2, 0.25) is 10.0 Å². The van der Waals surface area contributed by atoms with E-state index >= 15 is 0 Å². The van der Waals surface area contributed by atoms with Crippen LogP contribution in [0.3, 0.4) is 0 Å². The Morgan fingerprint density at radius 1 is 1.03 bits per heavy atom. The fraction of sp³-hybridized carbons (Fsp3) is 0.167. The highest BCUT2D eigenvalue weighted by atomic mass is 35.5.